The quantitative estimate of drug-likeness (QED) is 0.824. The average Bonchev–Trinajstić information content (AvgIpc) is 2.51. The van der Waals surface area contributed by atoms with Crippen molar-refractivity contribution < 1.29 is 24.5 Å². The van der Waals surface area contributed by atoms with Crippen LogP contribution in [-0.2, 0) is 17.6 Å². The molecule has 0 fully saturated rings. The van der Waals surface area contributed by atoms with Crippen molar-refractivity contribution in [2.75, 3.05) is 11.5 Å². The number of aliphatic hydroxyl groups excluding tert-OH is 2. The van der Waals surface area contributed by atoms with Gasteiger partial charge in [0.25, 0.3) is 0 Å². The number of fused-ring (bicyclic) bond motifs is 3. The van der Waals surface area contributed by atoms with Gasteiger partial charge in [0.2, 0.25) is 0 Å². The lowest BCUT2D eigenvalue weighted by Crippen LogP contribution is -2.46. The number of amides is 1. The van der Waals surface area contributed by atoms with Gasteiger partial charge in [-0.1, -0.05) is 6.07 Å². The maximum Gasteiger partial charge on any atom is 0.416 e. The molecule has 6 heteroatoms. The summed E-state index contributed by atoms with van der Waals surface area (Å²) in [6, 6.07) is 3.78. The Morgan fingerprint density at radius 2 is 2.08 bits per heavy atom. The van der Waals surface area contributed by atoms with E-state index in [2.05, 4.69) is 0 Å². The van der Waals surface area contributed by atoms with E-state index in [4.69, 9.17) is 9.47 Å². The first kappa shape index (κ1) is 17.0. The summed E-state index contributed by atoms with van der Waals surface area (Å²) in [5, 5.41) is 19.7. The normalized spacial score (nSPS) is 23.1. The third-order valence-corrected chi connectivity index (χ3v) is 4.34. The molecule has 0 saturated heterocycles. The Hall–Kier alpha value is -1.79. The lowest BCUT2D eigenvalue weighted by molar-refractivity contribution is 0.0452. The van der Waals surface area contributed by atoms with E-state index in [-0.39, 0.29) is 12.7 Å². The number of ether oxygens (including phenoxy) is 2. The first-order valence-electron chi connectivity index (χ1n) is 8.42. The second kappa shape index (κ2) is 6.26. The van der Waals surface area contributed by atoms with Crippen molar-refractivity contribution in [1.82, 2.24) is 0 Å². The molecule has 0 bridgehead atoms. The molecule has 0 spiro atoms. The summed E-state index contributed by atoms with van der Waals surface area (Å²) in [7, 11) is 0. The lowest BCUT2D eigenvalue weighted by atomic mass is 9.93. The third kappa shape index (κ3) is 3.21. The molecule has 1 aromatic rings. The molecule has 0 radical (unpaired) electrons. The van der Waals surface area contributed by atoms with E-state index >= 15 is 0 Å². The van der Waals surface area contributed by atoms with Gasteiger partial charge in [0.15, 0.2) is 0 Å². The molecule has 6 nitrogen and oxygen atoms in total. The molecule has 0 aromatic heterocycles. The van der Waals surface area contributed by atoms with Gasteiger partial charge < -0.3 is 19.7 Å². The highest BCUT2D eigenvalue weighted by Gasteiger charge is 2.36. The Labute approximate surface area is 142 Å². The third-order valence-electron chi connectivity index (χ3n) is 4.34. The summed E-state index contributed by atoms with van der Waals surface area (Å²) in [6.07, 6.45) is 0.968. The van der Waals surface area contributed by atoms with E-state index in [0.29, 0.717) is 18.5 Å². The largest absolute Gasteiger partial charge is 0.487 e. The highest BCUT2D eigenvalue weighted by atomic mass is 16.6. The van der Waals surface area contributed by atoms with Crippen LogP contribution in [0.1, 0.15) is 44.7 Å². The van der Waals surface area contributed by atoms with Crippen LogP contribution in [0, 0.1) is 0 Å². The van der Waals surface area contributed by atoms with E-state index in [0.717, 1.165) is 29.7 Å². The molecular weight excluding hydrogens is 310 g/mol. The van der Waals surface area contributed by atoms with Crippen molar-refractivity contribution in [3.63, 3.8) is 0 Å². The molecule has 24 heavy (non-hydrogen) atoms. The Balaban J connectivity index is 1.98. The fourth-order valence-electron chi connectivity index (χ4n) is 3.24. The van der Waals surface area contributed by atoms with Crippen molar-refractivity contribution >= 4 is 11.8 Å². The summed E-state index contributed by atoms with van der Waals surface area (Å²) in [6.45, 7) is 5.36. The van der Waals surface area contributed by atoms with Crippen molar-refractivity contribution in [1.29, 1.82) is 0 Å². The summed E-state index contributed by atoms with van der Waals surface area (Å²) < 4.78 is 11.4. The topological polar surface area (TPSA) is 79.2 Å². The van der Waals surface area contributed by atoms with E-state index < -0.39 is 17.9 Å². The van der Waals surface area contributed by atoms with E-state index in [1.807, 2.05) is 12.1 Å². The van der Waals surface area contributed by atoms with Gasteiger partial charge >= 0.3 is 6.09 Å². The smallest absolute Gasteiger partial charge is 0.416 e. The van der Waals surface area contributed by atoms with Crippen LogP contribution in [0.2, 0.25) is 0 Å². The maximum atomic E-state index is 12.5. The van der Waals surface area contributed by atoms with Crippen LogP contribution >= 0.6 is 0 Å². The summed E-state index contributed by atoms with van der Waals surface area (Å²) in [5.74, 6) is 0.748. The zero-order chi connectivity index (χ0) is 17.5. The Morgan fingerprint density at radius 1 is 1.33 bits per heavy atom. The number of nitrogens with zero attached hydrogens (tertiary/aromatic N) is 1. The van der Waals surface area contributed by atoms with Gasteiger partial charge in [-0.25, -0.2) is 4.79 Å². The molecule has 132 valence electrons. The Kier molecular flexibility index (Phi) is 4.44. The SMILES string of the molecule is CC(C)(C)OC(=O)N1c2ccc3c(c2CCC1O)O[C@H](CO)CC3. The van der Waals surface area contributed by atoms with Gasteiger partial charge in [-0.05, 0) is 58.1 Å². The number of rotatable bonds is 1. The Morgan fingerprint density at radius 3 is 2.75 bits per heavy atom. The number of benzene rings is 1. The molecule has 0 saturated carbocycles. The highest BCUT2D eigenvalue weighted by Crippen LogP contribution is 2.41. The molecule has 1 amide bonds. The monoisotopic (exact) mass is 335 g/mol. The fraction of sp³-hybridized carbons (Fsp3) is 0.611. The number of anilines is 1. The van der Waals surface area contributed by atoms with Crippen molar-refractivity contribution in [3.8, 4) is 5.75 Å². The van der Waals surface area contributed by atoms with Gasteiger partial charge in [-0.2, -0.15) is 0 Å². The number of carbonyl (C=O) groups excluding carboxylic acids is 1. The fourth-order valence-corrected chi connectivity index (χ4v) is 3.24. The first-order valence-corrected chi connectivity index (χ1v) is 8.42. The van der Waals surface area contributed by atoms with Gasteiger partial charge in [0.05, 0.1) is 12.3 Å². The van der Waals surface area contributed by atoms with Crippen LogP contribution in [0.15, 0.2) is 12.1 Å². The van der Waals surface area contributed by atoms with Crippen molar-refractivity contribution in [3.05, 3.63) is 23.3 Å². The molecule has 1 unspecified atom stereocenters. The molecule has 2 aliphatic heterocycles. The van der Waals surface area contributed by atoms with Crippen LogP contribution in [0.5, 0.6) is 5.75 Å². The van der Waals surface area contributed by atoms with E-state index in [9.17, 15) is 15.0 Å². The highest BCUT2D eigenvalue weighted by molar-refractivity contribution is 5.90. The minimum absolute atomic E-state index is 0.0263. The van der Waals surface area contributed by atoms with Crippen LogP contribution < -0.4 is 9.64 Å². The minimum Gasteiger partial charge on any atom is -0.487 e. The zero-order valence-electron chi connectivity index (χ0n) is 14.4. The predicted molar refractivity (Wildman–Crippen MR) is 89.3 cm³/mol. The van der Waals surface area contributed by atoms with Crippen molar-refractivity contribution in [2.45, 2.75) is 64.4 Å². The lowest BCUT2D eigenvalue weighted by Gasteiger charge is -2.37. The number of hydrogen-bond donors (Lipinski definition) is 2. The average molecular weight is 335 g/mol. The maximum absolute atomic E-state index is 12.5. The second-order valence-corrected chi connectivity index (χ2v) is 7.38. The predicted octanol–water partition coefficient (Wildman–Crippen LogP) is 2.38. The van der Waals surface area contributed by atoms with Crippen LogP contribution in [-0.4, -0.2) is 40.8 Å². The standard InChI is InChI=1S/C18H25NO5/c1-18(2,3)24-17(22)19-14-8-5-11-4-6-12(10-20)23-16(11)13(14)7-9-15(19)21/h5,8,12,15,20-21H,4,6-7,9-10H2,1-3H3/t12-,15?/m0/s1. The molecule has 1 aromatic carbocycles. The first-order chi connectivity index (χ1) is 11.3. The van der Waals surface area contributed by atoms with Crippen LogP contribution in [0.25, 0.3) is 0 Å². The molecule has 2 atom stereocenters. The Bertz CT molecular complexity index is 637. The van der Waals surface area contributed by atoms with Gasteiger partial charge in [0, 0.05) is 5.56 Å². The number of hydrogen-bond acceptors (Lipinski definition) is 5. The molecule has 3 rings (SSSR count). The molecule has 2 aliphatic rings. The molecular formula is C18H25NO5. The van der Waals surface area contributed by atoms with E-state index in [1.54, 1.807) is 20.8 Å². The van der Waals surface area contributed by atoms with Crippen LogP contribution in [0.3, 0.4) is 0 Å². The van der Waals surface area contributed by atoms with Crippen LogP contribution in [0.4, 0.5) is 10.5 Å². The molecule has 2 heterocycles. The number of aryl methyl sites for hydroxylation is 1. The summed E-state index contributed by atoms with van der Waals surface area (Å²) >= 11 is 0. The zero-order valence-corrected chi connectivity index (χ0v) is 14.4. The van der Waals surface area contributed by atoms with Crippen molar-refractivity contribution in [2.24, 2.45) is 0 Å². The number of aliphatic hydroxyl groups is 2. The summed E-state index contributed by atoms with van der Waals surface area (Å²) in [4.78, 5) is 13.8. The van der Waals surface area contributed by atoms with Gasteiger partial charge in [-0.3, -0.25) is 4.90 Å². The summed E-state index contributed by atoms with van der Waals surface area (Å²) in [5.41, 5.74) is 1.97. The van der Waals surface area contributed by atoms with E-state index in [1.165, 1.54) is 4.90 Å². The minimum atomic E-state index is -0.914. The molecule has 2 N–H and O–H groups in total. The molecule has 0 aliphatic carbocycles. The number of carbonyl (C=O) groups is 1. The second-order valence-electron chi connectivity index (χ2n) is 7.38. The van der Waals surface area contributed by atoms with Gasteiger partial charge in [-0.15, -0.1) is 0 Å². The van der Waals surface area contributed by atoms with Gasteiger partial charge in [0.1, 0.15) is 23.7 Å².